The Labute approximate surface area is 186 Å². The van der Waals surface area contributed by atoms with Gasteiger partial charge in [-0.05, 0) is 63.1 Å². The molecule has 1 aliphatic rings. The van der Waals surface area contributed by atoms with Gasteiger partial charge in [0.2, 0.25) is 5.95 Å². The molecule has 0 bridgehead atoms. The van der Waals surface area contributed by atoms with Crippen LogP contribution in [0.1, 0.15) is 34.7 Å². The number of aryl methyl sites for hydroxylation is 2. The van der Waals surface area contributed by atoms with Crippen molar-refractivity contribution < 1.29 is 4.79 Å². The molecule has 5 rings (SSSR count). The number of hydrogen-bond donors (Lipinski definition) is 2. The molecular formula is C24H25N7O. The van der Waals surface area contributed by atoms with Crippen LogP contribution in [0.25, 0.3) is 5.65 Å². The van der Waals surface area contributed by atoms with Gasteiger partial charge in [-0.15, -0.1) is 0 Å². The molecule has 32 heavy (non-hydrogen) atoms. The van der Waals surface area contributed by atoms with Crippen molar-refractivity contribution in [3.63, 3.8) is 0 Å². The number of rotatable bonds is 5. The molecule has 0 aliphatic carbocycles. The van der Waals surface area contributed by atoms with Crippen LogP contribution in [0.15, 0.2) is 54.7 Å². The van der Waals surface area contributed by atoms with Gasteiger partial charge < -0.3 is 15.5 Å². The van der Waals surface area contributed by atoms with E-state index >= 15 is 0 Å². The van der Waals surface area contributed by atoms with Crippen molar-refractivity contribution in [2.75, 3.05) is 28.6 Å². The highest BCUT2D eigenvalue weighted by atomic mass is 16.2. The largest absolute Gasteiger partial charge is 0.341 e. The summed E-state index contributed by atoms with van der Waals surface area (Å²) in [7, 11) is 0. The summed E-state index contributed by atoms with van der Waals surface area (Å²) >= 11 is 0. The van der Waals surface area contributed by atoms with Crippen molar-refractivity contribution in [2.45, 2.75) is 26.7 Å². The number of anilines is 4. The van der Waals surface area contributed by atoms with E-state index in [0.717, 1.165) is 41.9 Å². The van der Waals surface area contributed by atoms with E-state index in [1.807, 2.05) is 68.6 Å². The number of pyridine rings is 1. The van der Waals surface area contributed by atoms with Crippen molar-refractivity contribution in [3.05, 3.63) is 71.8 Å². The zero-order valence-electron chi connectivity index (χ0n) is 18.2. The second-order valence-corrected chi connectivity index (χ2v) is 8.02. The molecule has 162 valence electrons. The van der Waals surface area contributed by atoms with Gasteiger partial charge in [0.15, 0.2) is 0 Å². The minimum absolute atomic E-state index is 0.191. The predicted octanol–water partition coefficient (Wildman–Crippen LogP) is 4.34. The van der Waals surface area contributed by atoms with Crippen LogP contribution >= 0.6 is 0 Å². The van der Waals surface area contributed by atoms with E-state index < -0.39 is 0 Å². The van der Waals surface area contributed by atoms with Crippen LogP contribution in [0, 0.1) is 13.8 Å². The van der Waals surface area contributed by atoms with Crippen LogP contribution < -0.4 is 15.5 Å². The van der Waals surface area contributed by atoms with Crippen molar-refractivity contribution in [1.29, 1.82) is 0 Å². The summed E-state index contributed by atoms with van der Waals surface area (Å²) in [5, 5.41) is 6.31. The number of nitrogens with zero attached hydrogens (tertiary/aromatic N) is 5. The van der Waals surface area contributed by atoms with E-state index in [1.54, 1.807) is 4.40 Å². The summed E-state index contributed by atoms with van der Waals surface area (Å²) in [4.78, 5) is 28.8. The summed E-state index contributed by atoms with van der Waals surface area (Å²) in [5.74, 6) is 1.35. The Balaban J connectivity index is 1.30. The monoisotopic (exact) mass is 427 g/mol. The van der Waals surface area contributed by atoms with Gasteiger partial charge in [0.1, 0.15) is 17.2 Å². The van der Waals surface area contributed by atoms with E-state index in [9.17, 15) is 4.79 Å². The summed E-state index contributed by atoms with van der Waals surface area (Å²) in [6, 6.07) is 15.2. The Morgan fingerprint density at radius 3 is 2.47 bits per heavy atom. The standard InChI is InChI=1S/C24H25N7O/c1-16-15-20(29-24(25-16)30-12-5-6-13-30)27-18-8-10-19(11-9-18)28-23(32)22-17(2)26-21-7-3-4-14-31(21)22/h3-4,7-11,14-15H,5-6,12-13H2,1-2H3,(H,28,32)(H,25,27,29). The van der Waals surface area contributed by atoms with Crippen LogP contribution in [0.2, 0.25) is 0 Å². The third kappa shape index (κ3) is 3.99. The number of aromatic nitrogens is 4. The van der Waals surface area contributed by atoms with Gasteiger partial charge in [0.05, 0.1) is 5.69 Å². The first kappa shape index (κ1) is 20.0. The minimum atomic E-state index is -0.191. The lowest BCUT2D eigenvalue weighted by atomic mass is 10.2. The van der Waals surface area contributed by atoms with E-state index in [2.05, 4.69) is 30.5 Å². The molecule has 0 atom stereocenters. The van der Waals surface area contributed by atoms with Crippen LogP contribution in [-0.2, 0) is 0 Å². The lowest BCUT2D eigenvalue weighted by Gasteiger charge is -2.17. The highest BCUT2D eigenvalue weighted by molar-refractivity contribution is 6.04. The lowest BCUT2D eigenvalue weighted by Crippen LogP contribution is -2.21. The smallest absolute Gasteiger partial charge is 0.274 e. The predicted molar refractivity (Wildman–Crippen MR) is 126 cm³/mol. The van der Waals surface area contributed by atoms with Gasteiger partial charge in [-0.25, -0.2) is 9.97 Å². The van der Waals surface area contributed by atoms with Gasteiger partial charge in [-0.3, -0.25) is 9.20 Å². The highest BCUT2D eigenvalue weighted by Gasteiger charge is 2.17. The molecule has 0 unspecified atom stereocenters. The first-order chi connectivity index (χ1) is 15.6. The second-order valence-electron chi connectivity index (χ2n) is 8.02. The first-order valence-electron chi connectivity index (χ1n) is 10.8. The molecular weight excluding hydrogens is 402 g/mol. The Bertz CT molecular complexity index is 1270. The third-order valence-electron chi connectivity index (χ3n) is 5.57. The topological polar surface area (TPSA) is 87.4 Å². The van der Waals surface area contributed by atoms with Gasteiger partial charge >= 0.3 is 0 Å². The van der Waals surface area contributed by atoms with Crippen molar-refractivity contribution in [3.8, 4) is 0 Å². The quantitative estimate of drug-likeness (QED) is 0.493. The molecule has 0 spiro atoms. The number of benzene rings is 1. The fourth-order valence-electron chi connectivity index (χ4n) is 4.04. The molecule has 3 aromatic heterocycles. The number of amides is 1. The number of hydrogen-bond acceptors (Lipinski definition) is 6. The molecule has 1 fully saturated rings. The Morgan fingerprint density at radius 2 is 1.69 bits per heavy atom. The number of fused-ring (bicyclic) bond motifs is 1. The normalized spacial score (nSPS) is 13.5. The van der Waals surface area contributed by atoms with E-state index in [-0.39, 0.29) is 5.91 Å². The summed E-state index contributed by atoms with van der Waals surface area (Å²) in [5.41, 5.74) is 4.51. The van der Waals surface area contributed by atoms with Gasteiger partial charge in [-0.2, -0.15) is 4.98 Å². The summed E-state index contributed by atoms with van der Waals surface area (Å²) in [6.07, 6.45) is 4.21. The molecule has 1 aliphatic heterocycles. The fourth-order valence-corrected chi connectivity index (χ4v) is 4.04. The molecule has 1 saturated heterocycles. The Kier molecular flexibility index (Phi) is 5.18. The van der Waals surface area contributed by atoms with E-state index in [0.29, 0.717) is 17.1 Å². The van der Waals surface area contributed by atoms with Gasteiger partial charge in [0, 0.05) is 42.4 Å². The van der Waals surface area contributed by atoms with Crippen LogP contribution in [0.5, 0.6) is 0 Å². The average molecular weight is 428 g/mol. The SMILES string of the molecule is Cc1cc(Nc2ccc(NC(=O)c3c(C)nc4ccccn34)cc2)nc(N2CCCC2)n1. The van der Waals surface area contributed by atoms with Crippen molar-refractivity contribution in [2.24, 2.45) is 0 Å². The van der Waals surface area contributed by atoms with Crippen molar-refractivity contribution in [1.82, 2.24) is 19.4 Å². The average Bonchev–Trinajstić information content (AvgIpc) is 3.42. The van der Waals surface area contributed by atoms with E-state index in [4.69, 9.17) is 0 Å². The molecule has 8 nitrogen and oxygen atoms in total. The Hall–Kier alpha value is -3.94. The fraction of sp³-hybridized carbons (Fsp3) is 0.250. The van der Waals surface area contributed by atoms with Gasteiger partial charge in [-0.1, -0.05) is 6.07 Å². The lowest BCUT2D eigenvalue weighted by molar-refractivity contribution is 0.102. The van der Waals surface area contributed by atoms with Crippen LogP contribution in [0.3, 0.4) is 0 Å². The second kappa shape index (κ2) is 8.30. The number of carbonyl (C=O) groups excluding carboxylic acids is 1. The highest BCUT2D eigenvalue weighted by Crippen LogP contribution is 2.23. The third-order valence-corrected chi connectivity index (χ3v) is 5.57. The molecule has 0 radical (unpaired) electrons. The maximum Gasteiger partial charge on any atom is 0.274 e. The zero-order chi connectivity index (χ0) is 22.1. The van der Waals surface area contributed by atoms with Crippen molar-refractivity contribution >= 4 is 34.7 Å². The van der Waals surface area contributed by atoms with Gasteiger partial charge in [0.25, 0.3) is 5.91 Å². The molecule has 1 aromatic carbocycles. The maximum absolute atomic E-state index is 12.9. The molecule has 4 aromatic rings. The maximum atomic E-state index is 12.9. The molecule has 4 heterocycles. The van der Waals surface area contributed by atoms with Crippen LogP contribution in [0.4, 0.5) is 23.1 Å². The summed E-state index contributed by atoms with van der Waals surface area (Å²) in [6.45, 7) is 5.83. The first-order valence-corrected chi connectivity index (χ1v) is 10.8. The number of nitrogens with one attached hydrogen (secondary N) is 2. The summed E-state index contributed by atoms with van der Waals surface area (Å²) < 4.78 is 1.80. The van der Waals surface area contributed by atoms with Crippen LogP contribution in [-0.4, -0.2) is 38.3 Å². The Morgan fingerprint density at radius 1 is 0.938 bits per heavy atom. The number of imidazole rings is 1. The minimum Gasteiger partial charge on any atom is -0.341 e. The molecule has 8 heteroatoms. The molecule has 1 amide bonds. The molecule has 0 saturated carbocycles. The molecule has 2 N–H and O–H groups in total. The number of carbonyl (C=O) groups is 1. The zero-order valence-corrected chi connectivity index (χ0v) is 18.2. The van der Waals surface area contributed by atoms with E-state index in [1.165, 1.54) is 12.8 Å².